The quantitative estimate of drug-likeness (QED) is 0.824. The molecule has 0 atom stereocenters. The van der Waals surface area contributed by atoms with Crippen molar-refractivity contribution in [3.8, 4) is 0 Å². The third kappa shape index (κ3) is 1.82. The molecule has 6 nitrogen and oxygen atoms in total. The van der Waals surface area contributed by atoms with Crippen LogP contribution in [-0.4, -0.2) is 33.1 Å². The zero-order chi connectivity index (χ0) is 11.7. The standard InChI is InChI=1S/C11H14N6/c1-12-11-14-3-2-9(15-11)17-7-6-16-5-4-13-10(16)8-17/h2-5H,6-8H2,1H3,(H,12,14,15). The molecule has 0 aliphatic carbocycles. The molecule has 0 spiro atoms. The lowest BCUT2D eigenvalue weighted by Gasteiger charge is -2.28. The average molecular weight is 230 g/mol. The van der Waals surface area contributed by atoms with Crippen molar-refractivity contribution in [1.29, 1.82) is 0 Å². The van der Waals surface area contributed by atoms with Crippen molar-refractivity contribution < 1.29 is 0 Å². The highest BCUT2D eigenvalue weighted by atomic mass is 15.3. The number of nitrogens with one attached hydrogen (secondary N) is 1. The van der Waals surface area contributed by atoms with Gasteiger partial charge in [-0.2, -0.15) is 4.98 Å². The van der Waals surface area contributed by atoms with Crippen molar-refractivity contribution in [2.75, 3.05) is 23.8 Å². The summed E-state index contributed by atoms with van der Waals surface area (Å²) < 4.78 is 2.18. The number of rotatable bonds is 2. The Balaban J connectivity index is 1.86. The van der Waals surface area contributed by atoms with Crippen molar-refractivity contribution >= 4 is 11.8 Å². The fourth-order valence-corrected chi connectivity index (χ4v) is 2.01. The molecule has 0 radical (unpaired) electrons. The Hall–Kier alpha value is -2.11. The van der Waals surface area contributed by atoms with Crippen LogP contribution in [0.2, 0.25) is 0 Å². The first-order valence-electron chi connectivity index (χ1n) is 5.62. The fourth-order valence-electron chi connectivity index (χ4n) is 2.01. The van der Waals surface area contributed by atoms with Crippen LogP contribution in [0.15, 0.2) is 24.7 Å². The van der Waals surface area contributed by atoms with E-state index in [1.54, 1.807) is 6.20 Å². The molecule has 0 saturated carbocycles. The number of imidazole rings is 1. The molecule has 0 amide bonds. The van der Waals surface area contributed by atoms with Gasteiger partial charge in [-0.05, 0) is 6.07 Å². The average Bonchev–Trinajstić information content (AvgIpc) is 2.86. The number of hydrogen-bond donors (Lipinski definition) is 1. The monoisotopic (exact) mass is 230 g/mol. The molecule has 0 saturated heterocycles. The molecule has 0 unspecified atom stereocenters. The van der Waals surface area contributed by atoms with Gasteiger partial charge in [-0.3, -0.25) is 0 Å². The van der Waals surface area contributed by atoms with E-state index >= 15 is 0 Å². The van der Waals surface area contributed by atoms with Crippen LogP contribution < -0.4 is 10.2 Å². The third-order valence-corrected chi connectivity index (χ3v) is 2.93. The second-order valence-electron chi connectivity index (χ2n) is 3.95. The van der Waals surface area contributed by atoms with E-state index in [9.17, 15) is 0 Å². The van der Waals surface area contributed by atoms with Crippen LogP contribution in [0.5, 0.6) is 0 Å². The Morgan fingerprint density at radius 2 is 2.18 bits per heavy atom. The fraction of sp³-hybridized carbons (Fsp3) is 0.364. The van der Waals surface area contributed by atoms with Crippen LogP contribution in [0.1, 0.15) is 5.82 Å². The summed E-state index contributed by atoms with van der Waals surface area (Å²) in [6.45, 7) is 2.70. The maximum Gasteiger partial charge on any atom is 0.224 e. The molecular weight excluding hydrogens is 216 g/mol. The first-order valence-corrected chi connectivity index (χ1v) is 5.62. The van der Waals surface area contributed by atoms with Crippen molar-refractivity contribution in [3.05, 3.63) is 30.5 Å². The van der Waals surface area contributed by atoms with Gasteiger partial charge in [-0.25, -0.2) is 9.97 Å². The van der Waals surface area contributed by atoms with Crippen molar-refractivity contribution in [2.45, 2.75) is 13.1 Å². The Morgan fingerprint density at radius 3 is 3.06 bits per heavy atom. The van der Waals surface area contributed by atoms with Crippen molar-refractivity contribution in [2.24, 2.45) is 0 Å². The smallest absolute Gasteiger partial charge is 0.224 e. The lowest BCUT2D eigenvalue weighted by Crippen LogP contribution is -2.34. The van der Waals surface area contributed by atoms with E-state index in [1.165, 1.54) is 0 Å². The van der Waals surface area contributed by atoms with E-state index in [4.69, 9.17) is 0 Å². The Bertz CT molecular complexity index is 520. The van der Waals surface area contributed by atoms with Gasteiger partial charge in [0.2, 0.25) is 5.95 Å². The van der Waals surface area contributed by atoms with Crippen molar-refractivity contribution in [3.63, 3.8) is 0 Å². The molecule has 1 aliphatic rings. The highest BCUT2D eigenvalue weighted by Gasteiger charge is 2.17. The molecular formula is C11H14N6. The van der Waals surface area contributed by atoms with Crippen LogP contribution >= 0.6 is 0 Å². The number of nitrogens with zero attached hydrogens (tertiary/aromatic N) is 5. The van der Waals surface area contributed by atoms with Crippen LogP contribution in [-0.2, 0) is 13.1 Å². The normalized spacial score (nSPS) is 14.5. The van der Waals surface area contributed by atoms with E-state index in [2.05, 4.69) is 29.7 Å². The topological polar surface area (TPSA) is 58.9 Å². The Morgan fingerprint density at radius 1 is 1.24 bits per heavy atom. The van der Waals surface area contributed by atoms with Crippen LogP contribution in [0, 0.1) is 0 Å². The van der Waals surface area contributed by atoms with Gasteiger partial charge in [0, 0.05) is 38.7 Å². The molecule has 3 heterocycles. The molecule has 1 N–H and O–H groups in total. The second kappa shape index (κ2) is 4.04. The van der Waals surface area contributed by atoms with Gasteiger partial charge < -0.3 is 14.8 Å². The van der Waals surface area contributed by atoms with Gasteiger partial charge >= 0.3 is 0 Å². The summed E-state index contributed by atoms with van der Waals surface area (Å²) in [5.74, 6) is 2.68. The molecule has 0 aromatic carbocycles. The van der Waals surface area contributed by atoms with Gasteiger partial charge in [-0.15, -0.1) is 0 Å². The van der Waals surface area contributed by atoms with Gasteiger partial charge in [0.05, 0.1) is 6.54 Å². The lowest BCUT2D eigenvalue weighted by atomic mass is 10.3. The summed E-state index contributed by atoms with van der Waals surface area (Å²) in [5.41, 5.74) is 0. The largest absolute Gasteiger partial charge is 0.357 e. The third-order valence-electron chi connectivity index (χ3n) is 2.93. The van der Waals surface area contributed by atoms with Crippen LogP contribution in [0.4, 0.5) is 11.8 Å². The molecule has 88 valence electrons. The highest BCUT2D eigenvalue weighted by Crippen LogP contribution is 2.18. The van der Waals surface area contributed by atoms with E-state index < -0.39 is 0 Å². The minimum atomic E-state index is 0.649. The van der Waals surface area contributed by atoms with Gasteiger partial charge in [0.1, 0.15) is 11.6 Å². The Labute approximate surface area is 99.3 Å². The molecule has 1 aliphatic heterocycles. The predicted octanol–water partition coefficient (Wildman–Crippen LogP) is 0.735. The van der Waals surface area contributed by atoms with E-state index in [1.807, 2.05) is 25.5 Å². The second-order valence-corrected chi connectivity index (χ2v) is 3.95. The molecule has 2 aromatic heterocycles. The number of aromatic nitrogens is 4. The van der Waals surface area contributed by atoms with Gasteiger partial charge in [0.25, 0.3) is 0 Å². The number of anilines is 2. The maximum atomic E-state index is 4.44. The predicted molar refractivity (Wildman–Crippen MR) is 64.9 cm³/mol. The number of fused-ring (bicyclic) bond motifs is 1. The van der Waals surface area contributed by atoms with Crippen molar-refractivity contribution in [1.82, 2.24) is 19.5 Å². The SMILES string of the molecule is CNc1nccc(N2CCn3ccnc3C2)n1. The van der Waals surface area contributed by atoms with E-state index in [-0.39, 0.29) is 0 Å². The minimum Gasteiger partial charge on any atom is -0.357 e. The summed E-state index contributed by atoms with van der Waals surface area (Å²) in [6, 6.07) is 1.93. The summed E-state index contributed by atoms with van der Waals surface area (Å²) in [5, 5.41) is 2.95. The molecule has 0 bridgehead atoms. The minimum absolute atomic E-state index is 0.649. The molecule has 2 aromatic rings. The number of hydrogen-bond acceptors (Lipinski definition) is 5. The van der Waals surface area contributed by atoms with Gasteiger partial charge in [0.15, 0.2) is 0 Å². The highest BCUT2D eigenvalue weighted by molar-refractivity contribution is 5.42. The lowest BCUT2D eigenvalue weighted by molar-refractivity contribution is 0.556. The summed E-state index contributed by atoms with van der Waals surface area (Å²) in [7, 11) is 1.82. The molecule has 17 heavy (non-hydrogen) atoms. The maximum absolute atomic E-state index is 4.44. The summed E-state index contributed by atoms with van der Waals surface area (Å²) in [6.07, 6.45) is 5.64. The van der Waals surface area contributed by atoms with Gasteiger partial charge in [-0.1, -0.05) is 0 Å². The first-order chi connectivity index (χ1) is 8.36. The van der Waals surface area contributed by atoms with E-state index in [0.717, 1.165) is 31.3 Å². The molecule has 3 rings (SSSR count). The first kappa shape index (κ1) is 10.1. The van der Waals surface area contributed by atoms with Crippen LogP contribution in [0.25, 0.3) is 0 Å². The summed E-state index contributed by atoms with van der Waals surface area (Å²) in [4.78, 5) is 15.1. The van der Waals surface area contributed by atoms with Crippen LogP contribution in [0.3, 0.4) is 0 Å². The zero-order valence-corrected chi connectivity index (χ0v) is 9.67. The Kier molecular flexibility index (Phi) is 2.40. The zero-order valence-electron chi connectivity index (χ0n) is 9.67. The summed E-state index contributed by atoms with van der Waals surface area (Å²) >= 11 is 0. The van der Waals surface area contributed by atoms with E-state index in [0.29, 0.717) is 5.95 Å². The molecule has 6 heteroatoms. The molecule has 0 fully saturated rings.